The molecule has 9 heteroatoms. The Kier molecular flexibility index (Phi) is 6.22. The molecule has 0 radical (unpaired) electrons. The van der Waals surface area contributed by atoms with E-state index in [-0.39, 0.29) is 15.8 Å². The Labute approximate surface area is 168 Å². The van der Waals surface area contributed by atoms with Crippen LogP contribution in [0.4, 0.5) is 5.82 Å². The fourth-order valence-corrected chi connectivity index (χ4v) is 4.95. The van der Waals surface area contributed by atoms with Crippen molar-refractivity contribution in [2.75, 3.05) is 24.5 Å². The molecule has 1 saturated heterocycles. The number of benzene rings is 1. The average molecular weight is 425 g/mol. The van der Waals surface area contributed by atoms with Gasteiger partial charge in [-0.2, -0.15) is 5.26 Å². The molecule has 2 aromatic rings. The highest BCUT2D eigenvalue weighted by atomic mass is 35.5. The summed E-state index contributed by atoms with van der Waals surface area (Å²) in [6, 6.07) is 10.0. The molecular weight excluding hydrogens is 407 g/mol. The number of pyridine rings is 1. The van der Waals surface area contributed by atoms with Crippen LogP contribution in [0, 0.1) is 17.2 Å². The average Bonchev–Trinajstić information content (AvgIpc) is 2.68. The van der Waals surface area contributed by atoms with E-state index in [9.17, 15) is 13.7 Å². The fraction of sp³-hybridized carbons (Fsp3) is 0.333. The lowest BCUT2D eigenvalue weighted by atomic mass is 9.97. The molecular formula is C18H18Cl2N4O2S. The summed E-state index contributed by atoms with van der Waals surface area (Å²) in [4.78, 5) is 6.36. The molecule has 1 N–H and O–H groups in total. The topological polar surface area (TPSA) is 86.1 Å². The van der Waals surface area contributed by atoms with E-state index in [4.69, 9.17) is 23.2 Å². The van der Waals surface area contributed by atoms with Crippen LogP contribution in [-0.2, 0) is 10.0 Å². The van der Waals surface area contributed by atoms with Crippen LogP contribution in [0.3, 0.4) is 0 Å². The third-order valence-corrected chi connectivity index (χ3v) is 6.71. The van der Waals surface area contributed by atoms with Crippen molar-refractivity contribution < 1.29 is 8.42 Å². The largest absolute Gasteiger partial charge is 0.356 e. The molecule has 2 heterocycles. The van der Waals surface area contributed by atoms with E-state index in [2.05, 4.69) is 20.7 Å². The first-order valence-electron chi connectivity index (χ1n) is 8.45. The number of aromatic nitrogens is 1. The Morgan fingerprint density at radius 1 is 1.26 bits per heavy atom. The highest BCUT2D eigenvalue weighted by Gasteiger charge is 2.24. The third kappa shape index (κ3) is 4.71. The van der Waals surface area contributed by atoms with Gasteiger partial charge in [-0.25, -0.2) is 18.1 Å². The van der Waals surface area contributed by atoms with Gasteiger partial charge in [0.25, 0.3) is 0 Å². The van der Waals surface area contributed by atoms with Crippen LogP contribution in [0.1, 0.15) is 18.4 Å². The van der Waals surface area contributed by atoms with E-state index < -0.39 is 10.0 Å². The van der Waals surface area contributed by atoms with Crippen molar-refractivity contribution in [3.8, 4) is 6.07 Å². The predicted octanol–water partition coefficient (Wildman–Crippen LogP) is 3.45. The van der Waals surface area contributed by atoms with Crippen LogP contribution < -0.4 is 9.62 Å². The SMILES string of the molecule is N#Cc1cccnc1N1CCC(CNS(=O)(=O)c2cc(Cl)ccc2Cl)CC1. The minimum atomic E-state index is -3.72. The molecule has 0 aliphatic carbocycles. The van der Waals surface area contributed by atoms with Crippen LogP contribution >= 0.6 is 23.2 Å². The van der Waals surface area contributed by atoms with E-state index in [1.54, 1.807) is 24.4 Å². The lowest BCUT2D eigenvalue weighted by molar-refractivity contribution is 0.400. The number of hydrogen-bond acceptors (Lipinski definition) is 5. The summed E-state index contributed by atoms with van der Waals surface area (Å²) in [5, 5.41) is 9.67. The smallest absolute Gasteiger partial charge is 0.242 e. The van der Waals surface area contributed by atoms with E-state index in [1.807, 2.05) is 0 Å². The highest BCUT2D eigenvalue weighted by Crippen LogP contribution is 2.26. The van der Waals surface area contributed by atoms with Crippen molar-refractivity contribution in [1.29, 1.82) is 5.26 Å². The molecule has 1 aromatic heterocycles. The van der Waals surface area contributed by atoms with Gasteiger partial charge in [0, 0.05) is 30.9 Å². The first kappa shape index (κ1) is 19.9. The Morgan fingerprint density at radius 2 is 2.00 bits per heavy atom. The van der Waals surface area contributed by atoms with Crippen molar-refractivity contribution in [2.45, 2.75) is 17.7 Å². The minimum absolute atomic E-state index is 0.0127. The van der Waals surface area contributed by atoms with Crippen LogP contribution in [0.5, 0.6) is 0 Å². The maximum atomic E-state index is 12.5. The molecule has 1 aromatic carbocycles. The van der Waals surface area contributed by atoms with Gasteiger partial charge in [-0.05, 0) is 49.1 Å². The Morgan fingerprint density at radius 3 is 2.70 bits per heavy atom. The van der Waals surface area contributed by atoms with Crippen molar-refractivity contribution in [1.82, 2.24) is 9.71 Å². The monoisotopic (exact) mass is 424 g/mol. The van der Waals surface area contributed by atoms with Gasteiger partial charge in [0.05, 0.1) is 10.6 Å². The molecule has 0 amide bonds. The van der Waals surface area contributed by atoms with Crippen LogP contribution in [-0.4, -0.2) is 33.0 Å². The molecule has 1 fully saturated rings. The molecule has 0 spiro atoms. The normalized spacial score (nSPS) is 15.5. The number of hydrogen-bond donors (Lipinski definition) is 1. The zero-order chi connectivity index (χ0) is 19.4. The van der Waals surface area contributed by atoms with Crippen molar-refractivity contribution in [2.24, 2.45) is 5.92 Å². The molecule has 0 bridgehead atoms. The summed E-state index contributed by atoms with van der Waals surface area (Å²) >= 11 is 11.9. The summed E-state index contributed by atoms with van der Waals surface area (Å²) in [6.07, 6.45) is 3.27. The second kappa shape index (κ2) is 8.44. The standard InChI is InChI=1S/C18H18Cl2N4O2S/c19-15-3-4-16(20)17(10-15)27(25,26)23-12-13-5-8-24(9-6-13)18-14(11-21)2-1-7-22-18/h1-4,7,10,13,23H,5-6,8-9,12H2. The van der Waals surface area contributed by atoms with Gasteiger partial charge in [0.2, 0.25) is 10.0 Å². The molecule has 1 aliphatic rings. The lowest BCUT2D eigenvalue weighted by Crippen LogP contribution is -2.39. The summed E-state index contributed by atoms with van der Waals surface area (Å²) in [7, 11) is -3.72. The van der Waals surface area contributed by atoms with Gasteiger partial charge in [0.15, 0.2) is 0 Å². The molecule has 142 valence electrons. The Bertz CT molecular complexity index is 968. The summed E-state index contributed by atoms with van der Waals surface area (Å²) in [6.45, 7) is 1.76. The van der Waals surface area contributed by atoms with E-state index >= 15 is 0 Å². The maximum Gasteiger partial charge on any atom is 0.242 e. The van der Waals surface area contributed by atoms with Gasteiger partial charge in [-0.15, -0.1) is 0 Å². The summed E-state index contributed by atoms with van der Waals surface area (Å²) < 4.78 is 27.6. The number of anilines is 1. The van der Waals surface area contributed by atoms with Gasteiger partial charge < -0.3 is 4.90 Å². The number of nitrogens with zero attached hydrogens (tertiary/aromatic N) is 3. The quantitative estimate of drug-likeness (QED) is 0.793. The first-order chi connectivity index (χ1) is 12.9. The lowest BCUT2D eigenvalue weighted by Gasteiger charge is -2.33. The number of halogens is 2. The molecule has 3 rings (SSSR count). The molecule has 0 unspecified atom stereocenters. The van der Waals surface area contributed by atoms with Crippen molar-refractivity contribution >= 4 is 39.0 Å². The predicted molar refractivity (Wildman–Crippen MR) is 106 cm³/mol. The van der Waals surface area contributed by atoms with Gasteiger partial charge in [-0.1, -0.05) is 23.2 Å². The number of rotatable bonds is 5. The van der Waals surface area contributed by atoms with Crippen LogP contribution in [0.25, 0.3) is 0 Å². The van der Waals surface area contributed by atoms with Gasteiger partial charge in [0.1, 0.15) is 16.8 Å². The van der Waals surface area contributed by atoms with Crippen LogP contribution in [0.2, 0.25) is 10.0 Å². The third-order valence-electron chi connectivity index (χ3n) is 4.57. The number of nitrogens with one attached hydrogen (secondary N) is 1. The number of sulfonamides is 1. The minimum Gasteiger partial charge on any atom is -0.356 e. The Balaban J connectivity index is 1.60. The Hall–Kier alpha value is -1.85. The number of nitriles is 1. The van der Waals surface area contributed by atoms with Gasteiger partial charge >= 0.3 is 0 Å². The van der Waals surface area contributed by atoms with E-state index in [0.717, 1.165) is 25.9 Å². The second-order valence-corrected chi connectivity index (χ2v) is 8.92. The van der Waals surface area contributed by atoms with Gasteiger partial charge in [-0.3, -0.25) is 0 Å². The molecule has 6 nitrogen and oxygen atoms in total. The molecule has 27 heavy (non-hydrogen) atoms. The second-order valence-electron chi connectivity index (χ2n) is 6.34. The highest BCUT2D eigenvalue weighted by molar-refractivity contribution is 7.89. The summed E-state index contributed by atoms with van der Waals surface area (Å²) in [5.41, 5.74) is 0.548. The zero-order valence-corrected chi connectivity index (χ0v) is 16.7. The first-order valence-corrected chi connectivity index (χ1v) is 10.7. The fourth-order valence-electron chi connectivity index (χ4n) is 3.07. The van der Waals surface area contributed by atoms with E-state index in [0.29, 0.717) is 22.9 Å². The molecule has 0 atom stereocenters. The summed E-state index contributed by atoms with van der Waals surface area (Å²) in [5.74, 6) is 0.882. The number of piperidine rings is 1. The van der Waals surface area contributed by atoms with Crippen molar-refractivity contribution in [3.05, 3.63) is 52.1 Å². The zero-order valence-electron chi connectivity index (χ0n) is 14.4. The van der Waals surface area contributed by atoms with E-state index in [1.165, 1.54) is 12.1 Å². The molecule has 1 aliphatic heterocycles. The molecule has 0 saturated carbocycles. The van der Waals surface area contributed by atoms with Crippen LogP contribution in [0.15, 0.2) is 41.4 Å². The van der Waals surface area contributed by atoms with Crippen molar-refractivity contribution in [3.63, 3.8) is 0 Å². The maximum absolute atomic E-state index is 12.5.